The third-order valence-electron chi connectivity index (χ3n) is 6.88. The number of hydrogen-bond acceptors (Lipinski definition) is 8. The Morgan fingerprint density at radius 3 is 2.77 bits per heavy atom. The average Bonchev–Trinajstić information content (AvgIpc) is 3.54. The maximum absolute atomic E-state index is 12.8. The summed E-state index contributed by atoms with van der Waals surface area (Å²) in [5, 5.41) is 8.25. The summed E-state index contributed by atoms with van der Waals surface area (Å²) in [6, 6.07) is 8.19. The van der Waals surface area contributed by atoms with Crippen molar-refractivity contribution in [2.24, 2.45) is 0 Å². The molecular weight excluding hydrogens is 462 g/mol. The molecule has 182 valence electrons. The molecule has 0 saturated carbocycles. The highest BCUT2D eigenvalue weighted by Crippen LogP contribution is 2.36. The van der Waals surface area contributed by atoms with E-state index in [1.807, 2.05) is 29.3 Å². The van der Waals surface area contributed by atoms with E-state index in [2.05, 4.69) is 33.1 Å². The fourth-order valence-corrected chi connectivity index (χ4v) is 5.92. The van der Waals surface area contributed by atoms with E-state index in [9.17, 15) is 4.79 Å². The molecule has 5 heterocycles. The second-order valence-corrected chi connectivity index (χ2v) is 10.4. The van der Waals surface area contributed by atoms with Crippen LogP contribution in [0.5, 0.6) is 0 Å². The quantitative estimate of drug-likeness (QED) is 0.459. The molecule has 2 aliphatic rings. The first-order chi connectivity index (χ1) is 17.2. The smallest absolute Gasteiger partial charge is 0.223 e. The van der Waals surface area contributed by atoms with Gasteiger partial charge in [-0.3, -0.25) is 9.89 Å². The van der Waals surface area contributed by atoms with E-state index in [-0.39, 0.29) is 5.91 Å². The fourth-order valence-electron chi connectivity index (χ4n) is 4.80. The minimum absolute atomic E-state index is 0.238. The number of H-pyrrole nitrogens is 1. The zero-order valence-electron chi connectivity index (χ0n) is 19.9. The molecule has 1 N–H and O–H groups in total. The standard InChI is InChI=1S/C25H29N7O2S/c1-30-7-9-31(10-8-30)22(33)6-5-17-15-21-23(35-17)25(32-11-13-34-14-12-32)28-24(27-21)18-3-2-4-20-19(18)16-26-29-20/h2-4,15-16H,5-14H2,1H3,(H,26,29). The highest BCUT2D eigenvalue weighted by molar-refractivity contribution is 7.19. The maximum Gasteiger partial charge on any atom is 0.223 e. The number of thiophene rings is 1. The second-order valence-electron chi connectivity index (χ2n) is 9.22. The lowest BCUT2D eigenvalue weighted by molar-refractivity contribution is -0.132. The van der Waals surface area contributed by atoms with Crippen LogP contribution in [0.25, 0.3) is 32.5 Å². The van der Waals surface area contributed by atoms with Gasteiger partial charge in [0.15, 0.2) is 11.6 Å². The third-order valence-corrected chi connectivity index (χ3v) is 8.06. The number of likely N-dealkylation sites (N-methyl/N-ethyl adjacent to an activating group) is 1. The number of morpholine rings is 1. The zero-order chi connectivity index (χ0) is 23.8. The van der Waals surface area contributed by atoms with Gasteiger partial charge in [0.25, 0.3) is 0 Å². The first kappa shape index (κ1) is 22.4. The SMILES string of the molecule is CN1CCN(C(=O)CCc2cc3nc(-c4cccc5[nH]ncc45)nc(N4CCOCC4)c3s2)CC1. The molecule has 0 atom stereocenters. The summed E-state index contributed by atoms with van der Waals surface area (Å²) in [5.74, 6) is 1.89. The van der Waals surface area contributed by atoms with Crippen molar-refractivity contribution in [3.63, 3.8) is 0 Å². The molecular formula is C25H29N7O2S. The Kier molecular flexibility index (Phi) is 6.09. The Morgan fingerprint density at radius 1 is 1.11 bits per heavy atom. The normalized spacial score (nSPS) is 17.5. The van der Waals surface area contributed by atoms with Crippen molar-refractivity contribution in [3.8, 4) is 11.4 Å². The van der Waals surface area contributed by atoms with Gasteiger partial charge in [0.2, 0.25) is 5.91 Å². The number of piperazine rings is 1. The number of nitrogens with zero attached hydrogens (tertiary/aromatic N) is 6. The molecule has 9 nitrogen and oxygen atoms in total. The van der Waals surface area contributed by atoms with Crippen LogP contribution in [0.4, 0.5) is 5.82 Å². The van der Waals surface area contributed by atoms with E-state index in [0.29, 0.717) is 25.5 Å². The molecule has 1 amide bonds. The van der Waals surface area contributed by atoms with Crippen LogP contribution in [-0.4, -0.2) is 95.4 Å². The summed E-state index contributed by atoms with van der Waals surface area (Å²) in [4.78, 5) is 30.6. The van der Waals surface area contributed by atoms with Gasteiger partial charge in [-0.2, -0.15) is 5.10 Å². The maximum atomic E-state index is 12.8. The fraction of sp³-hybridized carbons (Fsp3) is 0.440. The van der Waals surface area contributed by atoms with Gasteiger partial charge in [-0.15, -0.1) is 11.3 Å². The van der Waals surface area contributed by atoms with Crippen LogP contribution in [-0.2, 0) is 16.0 Å². The molecule has 0 unspecified atom stereocenters. The van der Waals surface area contributed by atoms with Crippen LogP contribution in [0.3, 0.4) is 0 Å². The Hall–Kier alpha value is -3.08. The number of carbonyl (C=O) groups is 1. The van der Waals surface area contributed by atoms with Crippen molar-refractivity contribution < 1.29 is 9.53 Å². The molecule has 1 aromatic carbocycles. The number of rotatable bonds is 5. The molecule has 0 spiro atoms. The molecule has 35 heavy (non-hydrogen) atoms. The number of benzene rings is 1. The second kappa shape index (κ2) is 9.52. The van der Waals surface area contributed by atoms with Crippen molar-refractivity contribution in [3.05, 3.63) is 35.3 Å². The number of anilines is 1. The van der Waals surface area contributed by atoms with Gasteiger partial charge in [0.1, 0.15) is 0 Å². The number of aryl methyl sites for hydroxylation is 1. The molecule has 6 rings (SSSR count). The number of aromatic nitrogens is 4. The molecule has 3 aromatic heterocycles. The Morgan fingerprint density at radius 2 is 1.94 bits per heavy atom. The van der Waals surface area contributed by atoms with Crippen molar-refractivity contribution in [1.82, 2.24) is 30.0 Å². The van der Waals surface area contributed by atoms with Gasteiger partial charge in [-0.1, -0.05) is 12.1 Å². The Labute approximate surface area is 207 Å². The molecule has 0 aliphatic carbocycles. The van der Waals surface area contributed by atoms with Crippen molar-refractivity contribution in [1.29, 1.82) is 0 Å². The Balaban J connectivity index is 1.33. The summed E-state index contributed by atoms with van der Waals surface area (Å²) in [7, 11) is 2.10. The zero-order valence-corrected chi connectivity index (χ0v) is 20.7. The van der Waals surface area contributed by atoms with Gasteiger partial charge in [-0.05, 0) is 25.6 Å². The van der Waals surface area contributed by atoms with Crippen LogP contribution >= 0.6 is 11.3 Å². The number of amides is 1. The minimum atomic E-state index is 0.238. The van der Waals surface area contributed by atoms with Gasteiger partial charge in [0.05, 0.1) is 35.1 Å². The highest BCUT2D eigenvalue weighted by atomic mass is 32.1. The van der Waals surface area contributed by atoms with E-state index in [4.69, 9.17) is 14.7 Å². The predicted octanol–water partition coefficient (Wildman–Crippen LogP) is 2.78. The minimum Gasteiger partial charge on any atom is -0.378 e. The third kappa shape index (κ3) is 4.49. The number of aromatic amines is 1. The van der Waals surface area contributed by atoms with Crippen molar-refractivity contribution in [2.75, 3.05) is 64.4 Å². The summed E-state index contributed by atoms with van der Waals surface area (Å²) in [5.41, 5.74) is 2.86. The predicted molar refractivity (Wildman–Crippen MR) is 138 cm³/mol. The van der Waals surface area contributed by atoms with E-state index in [1.165, 1.54) is 4.88 Å². The molecule has 2 aliphatic heterocycles. The summed E-state index contributed by atoms with van der Waals surface area (Å²) in [6.45, 7) is 6.51. The molecule has 2 saturated heterocycles. The lowest BCUT2D eigenvalue weighted by Crippen LogP contribution is -2.47. The number of carbonyl (C=O) groups excluding carboxylic acids is 1. The van der Waals surface area contributed by atoms with E-state index >= 15 is 0 Å². The van der Waals surface area contributed by atoms with Crippen LogP contribution in [0.2, 0.25) is 0 Å². The van der Waals surface area contributed by atoms with Crippen LogP contribution in [0.15, 0.2) is 30.5 Å². The van der Waals surface area contributed by atoms with Crippen LogP contribution in [0.1, 0.15) is 11.3 Å². The van der Waals surface area contributed by atoms with E-state index in [1.54, 1.807) is 11.3 Å². The van der Waals surface area contributed by atoms with Crippen LogP contribution < -0.4 is 4.90 Å². The average molecular weight is 492 g/mol. The number of fused-ring (bicyclic) bond motifs is 2. The van der Waals surface area contributed by atoms with Crippen molar-refractivity contribution in [2.45, 2.75) is 12.8 Å². The highest BCUT2D eigenvalue weighted by Gasteiger charge is 2.22. The molecule has 0 radical (unpaired) electrons. The summed E-state index contributed by atoms with van der Waals surface area (Å²) < 4.78 is 6.67. The lowest BCUT2D eigenvalue weighted by Gasteiger charge is -2.32. The first-order valence-corrected chi connectivity index (χ1v) is 13.0. The van der Waals surface area contributed by atoms with Gasteiger partial charge in [-0.25, -0.2) is 9.97 Å². The van der Waals surface area contributed by atoms with E-state index < -0.39 is 0 Å². The number of ether oxygens (including phenoxy) is 1. The number of hydrogen-bond donors (Lipinski definition) is 1. The Bertz CT molecular complexity index is 1350. The molecule has 0 bridgehead atoms. The van der Waals surface area contributed by atoms with Gasteiger partial charge in [0, 0.05) is 61.5 Å². The first-order valence-electron chi connectivity index (χ1n) is 12.2. The van der Waals surface area contributed by atoms with Gasteiger partial charge >= 0.3 is 0 Å². The molecule has 10 heteroatoms. The lowest BCUT2D eigenvalue weighted by atomic mass is 10.1. The summed E-state index contributed by atoms with van der Waals surface area (Å²) in [6.07, 6.45) is 3.08. The van der Waals surface area contributed by atoms with E-state index in [0.717, 1.165) is 78.2 Å². The molecule has 2 fully saturated rings. The van der Waals surface area contributed by atoms with Crippen molar-refractivity contribution >= 4 is 44.2 Å². The summed E-state index contributed by atoms with van der Waals surface area (Å²) >= 11 is 1.71. The monoisotopic (exact) mass is 491 g/mol. The number of nitrogens with one attached hydrogen (secondary N) is 1. The topological polar surface area (TPSA) is 90.5 Å². The molecule has 4 aromatic rings. The van der Waals surface area contributed by atoms with Gasteiger partial charge < -0.3 is 19.4 Å². The van der Waals surface area contributed by atoms with Crippen LogP contribution in [0, 0.1) is 0 Å². The largest absolute Gasteiger partial charge is 0.378 e.